The van der Waals surface area contributed by atoms with Crippen molar-refractivity contribution in [2.75, 3.05) is 11.9 Å². The summed E-state index contributed by atoms with van der Waals surface area (Å²) in [5.74, 6) is -1.38. The SMILES string of the molecule is O=C(CNc1cc(C(=O)O)cc2cc(Cl)cc(Cl)c12)NCc1ccncn1. The van der Waals surface area contributed by atoms with Gasteiger partial charge in [0.05, 0.1) is 29.4 Å². The molecule has 0 bridgehead atoms. The number of nitrogens with one attached hydrogen (secondary N) is 2. The third-order valence-corrected chi connectivity index (χ3v) is 4.28. The van der Waals surface area contributed by atoms with Gasteiger partial charge in [-0.05, 0) is 35.7 Å². The first-order valence-electron chi connectivity index (χ1n) is 7.85. The Morgan fingerprint density at radius 3 is 2.67 bits per heavy atom. The zero-order valence-corrected chi connectivity index (χ0v) is 15.4. The van der Waals surface area contributed by atoms with Gasteiger partial charge >= 0.3 is 5.97 Å². The monoisotopic (exact) mass is 404 g/mol. The summed E-state index contributed by atoms with van der Waals surface area (Å²) in [5.41, 5.74) is 1.17. The average Bonchev–Trinajstić information content (AvgIpc) is 2.64. The Morgan fingerprint density at radius 1 is 1.15 bits per heavy atom. The standard InChI is InChI=1S/C18H14Cl2N4O3/c19-12-4-10-3-11(18(26)27)5-15(17(10)14(20)6-12)22-8-16(25)23-7-13-1-2-21-9-24-13/h1-6,9,22H,7-8H2,(H,23,25)(H,26,27). The Hall–Kier alpha value is -2.90. The number of aromatic carboxylic acids is 1. The molecule has 0 saturated heterocycles. The van der Waals surface area contributed by atoms with Crippen molar-refractivity contribution in [3.8, 4) is 0 Å². The summed E-state index contributed by atoms with van der Waals surface area (Å²) in [4.78, 5) is 31.3. The molecule has 3 rings (SSSR count). The van der Waals surface area contributed by atoms with Crippen molar-refractivity contribution in [3.05, 3.63) is 64.2 Å². The van der Waals surface area contributed by atoms with Crippen molar-refractivity contribution in [2.24, 2.45) is 0 Å². The number of hydrogen-bond donors (Lipinski definition) is 3. The molecule has 0 aliphatic carbocycles. The molecule has 1 heterocycles. The summed E-state index contributed by atoms with van der Waals surface area (Å²) in [6.07, 6.45) is 2.99. The number of benzene rings is 2. The number of carboxylic acid groups (broad SMARTS) is 1. The fraction of sp³-hybridized carbons (Fsp3) is 0.111. The van der Waals surface area contributed by atoms with Gasteiger partial charge in [-0.15, -0.1) is 0 Å². The molecule has 0 aliphatic heterocycles. The van der Waals surface area contributed by atoms with Gasteiger partial charge < -0.3 is 15.7 Å². The molecule has 3 aromatic rings. The molecule has 27 heavy (non-hydrogen) atoms. The molecule has 7 nitrogen and oxygen atoms in total. The molecule has 0 radical (unpaired) electrons. The molecule has 9 heteroatoms. The quantitative estimate of drug-likeness (QED) is 0.581. The van der Waals surface area contributed by atoms with Gasteiger partial charge in [-0.1, -0.05) is 23.2 Å². The average molecular weight is 405 g/mol. The van der Waals surface area contributed by atoms with E-state index >= 15 is 0 Å². The lowest BCUT2D eigenvalue weighted by Crippen LogP contribution is -2.29. The van der Waals surface area contributed by atoms with Crippen LogP contribution in [0.5, 0.6) is 0 Å². The highest BCUT2D eigenvalue weighted by Crippen LogP contribution is 2.34. The topological polar surface area (TPSA) is 104 Å². The number of fused-ring (bicyclic) bond motifs is 1. The molecular weight excluding hydrogens is 391 g/mol. The number of amides is 1. The second kappa shape index (κ2) is 8.20. The minimum Gasteiger partial charge on any atom is -0.478 e. The molecule has 0 saturated carbocycles. The lowest BCUT2D eigenvalue weighted by atomic mass is 10.0. The van der Waals surface area contributed by atoms with Crippen molar-refractivity contribution in [1.29, 1.82) is 0 Å². The summed E-state index contributed by atoms with van der Waals surface area (Å²) in [6, 6.07) is 7.79. The van der Waals surface area contributed by atoms with Gasteiger partial charge in [0.25, 0.3) is 0 Å². The lowest BCUT2D eigenvalue weighted by Gasteiger charge is -2.13. The van der Waals surface area contributed by atoms with Crippen molar-refractivity contribution < 1.29 is 14.7 Å². The van der Waals surface area contributed by atoms with Crippen molar-refractivity contribution in [3.63, 3.8) is 0 Å². The Balaban J connectivity index is 1.79. The number of carboxylic acids is 1. The van der Waals surface area contributed by atoms with Gasteiger partial charge in [0, 0.05) is 22.3 Å². The van der Waals surface area contributed by atoms with Crippen LogP contribution in [0.4, 0.5) is 5.69 Å². The molecule has 2 aromatic carbocycles. The zero-order chi connectivity index (χ0) is 19.4. The third kappa shape index (κ3) is 4.64. The highest BCUT2D eigenvalue weighted by atomic mass is 35.5. The van der Waals surface area contributed by atoms with Crippen LogP contribution in [0.15, 0.2) is 42.9 Å². The van der Waals surface area contributed by atoms with Crippen LogP contribution in [0.1, 0.15) is 16.1 Å². The predicted molar refractivity (Wildman–Crippen MR) is 103 cm³/mol. The van der Waals surface area contributed by atoms with E-state index in [1.165, 1.54) is 18.5 Å². The normalized spacial score (nSPS) is 10.6. The van der Waals surface area contributed by atoms with Crippen molar-refractivity contribution >= 4 is 51.5 Å². The molecule has 1 aromatic heterocycles. The second-order valence-electron chi connectivity index (χ2n) is 5.65. The van der Waals surface area contributed by atoms with Crippen LogP contribution in [0.25, 0.3) is 10.8 Å². The van der Waals surface area contributed by atoms with Gasteiger partial charge in [-0.3, -0.25) is 4.79 Å². The van der Waals surface area contributed by atoms with E-state index in [1.54, 1.807) is 24.4 Å². The number of hydrogen-bond acceptors (Lipinski definition) is 5. The van der Waals surface area contributed by atoms with E-state index in [0.29, 0.717) is 32.2 Å². The maximum absolute atomic E-state index is 12.1. The van der Waals surface area contributed by atoms with E-state index < -0.39 is 5.97 Å². The molecule has 0 aliphatic rings. The van der Waals surface area contributed by atoms with Gasteiger partial charge in [-0.2, -0.15) is 0 Å². The van der Waals surface area contributed by atoms with Crippen LogP contribution in [-0.2, 0) is 11.3 Å². The molecule has 0 spiro atoms. The number of rotatable bonds is 6. The molecule has 0 atom stereocenters. The Morgan fingerprint density at radius 2 is 1.96 bits per heavy atom. The van der Waals surface area contributed by atoms with Gasteiger partial charge in [0.1, 0.15) is 6.33 Å². The summed E-state index contributed by atoms with van der Waals surface area (Å²) in [7, 11) is 0. The van der Waals surface area contributed by atoms with Crippen LogP contribution < -0.4 is 10.6 Å². The predicted octanol–water partition coefficient (Wildman–Crippen LogP) is 3.36. The molecule has 0 fully saturated rings. The Kier molecular flexibility index (Phi) is 5.73. The summed E-state index contributed by atoms with van der Waals surface area (Å²) >= 11 is 12.3. The number of carbonyl (C=O) groups excluding carboxylic acids is 1. The number of carbonyl (C=O) groups is 2. The Bertz CT molecular complexity index is 1010. The van der Waals surface area contributed by atoms with E-state index in [0.717, 1.165) is 0 Å². The molecule has 138 valence electrons. The van der Waals surface area contributed by atoms with Gasteiger partial charge in [0.2, 0.25) is 5.91 Å². The van der Waals surface area contributed by atoms with E-state index in [1.807, 2.05) is 0 Å². The lowest BCUT2D eigenvalue weighted by molar-refractivity contribution is -0.119. The van der Waals surface area contributed by atoms with Crippen LogP contribution in [0.2, 0.25) is 10.0 Å². The maximum Gasteiger partial charge on any atom is 0.335 e. The molecular formula is C18H14Cl2N4O3. The van der Waals surface area contributed by atoms with E-state index in [9.17, 15) is 14.7 Å². The summed E-state index contributed by atoms with van der Waals surface area (Å²) in [6.45, 7) is 0.192. The van der Waals surface area contributed by atoms with Crippen molar-refractivity contribution in [2.45, 2.75) is 6.54 Å². The maximum atomic E-state index is 12.1. The van der Waals surface area contributed by atoms with E-state index in [-0.39, 0.29) is 24.6 Å². The summed E-state index contributed by atoms with van der Waals surface area (Å²) in [5, 5.41) is 16.9. The smallest absolute Gasteiger partial charge is 0.335 e. The van der Waals surface area contributed by atoms with Crippen LogP contribution in [0, 0.1) is 0 Å². The fourth-order valence-corrected chi connectivity index (χ4v) is 3.15. The van der Waals surface area contributed by atoms with Crippen LogP contribution in [-0.4, -0.2) is 33.5 Å². The Labute approximate surface area is 164 Å². The first-order chi connectivity index (χ1) is 12.9. The fourth-order valence-electron chi connectivity index (χ4n) is 2.54. The number of nitrogens with zero attached hydrogens (tertiary/aromatic N) is 2. The van der Waals surface area contributed by atoms with Crippen LogP contribution in [0.3, 0.4) is 0 Å². The van der Waals surface area contributed by atoms with Crippen molar-refractivity contribution in [1.82, 2.24) is 15.3 Å². The van der Waals surface area contributed by atoms with Crippen LogP contribution >= 0.6 is 23.2 Å². The highest BCUT2D eigenvalue weighted by Gasteiger charge is 2.13. The third-order valence-electron chi connectivity index (χ3n) is 3.76. The number of anilines is 1. The zero-order valence-electron chi connectivity index (χ0n) is 13.9. The first kappa shape index (κ1) is 18.9. The largest absolute Gasteiger partial charge is 0.478 e. The van der Waals surface area contributed by atoms with E-state index in [2.05, 4.69) is 20.6 Å². The number of aromatic nitrogens is 2. The summed E-state index contributed by atoms with van der Waals surface area (Å²) < 4.78 is 0. The van der Waals surface area contributed by atoms with Gasteiger partial charge in [-0.25, -0.2) is 14.8 Å². The first-order valence-corrected chi connectivity index (χ1v) is 8.61. The minimum absolute atomic E-state index is 0.0599. The highest BCUT2D eigenvalue weighted by molar-refractivity contribution is 6.39. The molecule has 0 unspecified atom stereocenters. The number of halogens is 2. The van der Waals surface area contributed by atoms with E-state index in [4.69, 9.17) is 23.2 Å². The molecule has 3 N–H and O–H groups in total. The molecule has 1 amide bonds. The van der Waals surface area contributed by atoms with Gasteiger partial charge in [0.15, 0.2) is 0 Å². The minimum atomic E-state index is -1.09. The second-order valence-corrected chi connectivity index (χ2v) is 6.49.